The molecule has 0 aromatic carbocycles. The Morgan fingerprint density at radius 3 is 2.14 bits per heavy atom. The van der Waals surface area contributed by atoms with Crippen molar-refractivity contribution in [3.8, 4) is 0 Å². The number of carboxylic acids is 1. The molecule has 0 bridgehead atoms. The molecule has 2 rings (SSSR count). The topological polar surface area (TPSA) is 54.4 Å². The van der Waals surface area contributed by atoms with Crippen LogP contribution in [0.5, 0.6) is 0 Å². The highest BCUT2D eigenvalue weighted by molar-refractivity contribution is 5.92. The second-order valence-corrected chi connectivity index (χ2v) is 4.52. The van der Waals surface area contributed by atoms with Crippen LogP contribution in [0, 0.1) is 17.8 Å². The van der Waals surface area contributed by atoms with Crippen LogP contribution in [-0.2, 0) is 9.59 Å². The first-order chi connectivity index (χ1) is 6.70. The van der Waals surface area contributed by atoms with Crippen LogP contribution in [0.2, 0.25) is 0 Å². The Labute approximate surface area is 83.5 Å². The van der Waals surface area contributed by atoms with Crippen molar-refractivity contribution < 1.29 is 14.7 Å². The summed E-state index contributed by atoms with van der Waals surface area (Å²) in [4.78, 5) is 22.4. The minimum absolute atomic E-state index is 0.143. The third-order valence-electron chi connectivity index (χ3n) is 3.48. The molecule has 2 fully saturated rings. The Morgan fingerprint density at radius 1 is 1.00 bits per heavy atom. The summed E-state index contributed by atoms with van der Waals surface area (Å²) in [6.07, 6.45) is 6.08. The summed E-state index contributed by atoms with van der Waals surface area (Å²) >= 11 is 0. The summed E-state index contributed by atoms with van der Waals surface area (Å²) in [7, 11) is 0. The molecule has 0 aromatic heterocycles. The largest absolute Gasteiger partial charge is 0.481 e. The van der Waals surface area contributed by atoms with Gasteiger partial charge in [-0.15, -0.1) is 0 Å². The van der Waals surface area contributed by atoms with Gasteiger partial charge < -0.3 is 5.11 Å². The first kappa shape index (κ1) is 9.69. The Balaban J connectivity index is 1.87. The van der Waals surface area contributed by atoms with Crippen molar-refractivity contribution in [2.45, 2.75) is 38.5 Å². The average molecular weight is 196 g/mol. The van der Waals surface area contributed by atoms with Crippen LogP contribution in [-0.4, -0.2) is 16.9 Å². The summed E-state index contributed by atoms with van der Waals surface area (Å²) in [5.41, 5.74) is 0. The molecule has 0 radical (unpaired) electrons. The number of hydrogen-bond donors (Lipinski definition) is 1. The zero-order chi connectivity index (χ0) is 10.1. The molecule has 78 valence electrons. The molecule has 0 aromatic rings. The van der Waals surface area contributed by atoms with Crippen molar-refractivity contribution in [3.05, 3.63) is 0 Å². The molecule has 0 amide bonds. The first-order valence-corrected chi connectivity index (χ1v) is 5.46. The summed E-state index contributed by atoms with van der Waals surface area (Å²) in [6.45, 7) is 0. The highest BCUT2D eigenvalue weighted by Gasteiger charge is 2.49. The van der Waals surface area contributed by atoms with Gasteiger partial charge in [0.2, 0.25) is 0 Å². The van der Waals surface area contributed by atoms with Gasteiger partial charge in [-0.1, -0.05) is 19.3 Å². The van der Waals surface area contributed by atoms with Crippen LogP contribution in [0.1, 0.15) is 38.5 Å². The molecule has 1 N–H and O–H groups in total. The van der Waals surface area contributed by atoms with E-state index in [1.807, 2.05) is 0 Å². The predicted octanol–water partition coefficient (Wildman–Crippen LogP) is 1.86. The highest BCUT2D eigenvalue weighted by atomic mass is 16.4. The highest BCUT2D eigenvalue weighted by Crippen LogP contribution is 2.43. The van der Waals surface area contributed by atoms with Gasteiger partial charge in [-0.3, -0.25) is 9.59 Å². The van der Waals surface area contributed by atoms with Crippen molar-refractivity contribution >= 4 is 11.8 Å². The van der Waals surface area contributed by atoms with E-state index in [1.165, 1.54) is 6.42 Å². The van der Waals surface area contributed by atoms with Crippen molar-refractivity contribution in [2.75, 3.05) is 0 Å². The molecule has 0 saturated heterocycles. The molecule has 0 spiro atoms. The average Bonchev–Trinajstić information content (AvgIpc) is 2.97. The summed E-state index contributed by atoms with van der Waals surface area (Å²) in [5.74, 6) is -0.880. The number of aliphatic carboxylic acids is 1. The van der Waals surface area contributed by atoms with E-state index in [1.54, 1.807) is 0 Å². The number of carbonyl (C=O) groups is 2. The van der Waals surface area contributed by atoms with Crippen LogP contribution in [0.25, 0.3) is 0 Å². The van der Waals surface area contributed by atoms with E-state index in [-0.39, 0.29) is 23.5 Å². The fraction of sp³-hybridized carbons (Fsp3) is 0.818. The maximum atomic E-state index is 11.8. The van der Waals surface area contributed by atoms with Crippen molar-refractivity contribution in [2.24, 2.45) is 17.8 Å². The van der Waals surface area contributed by atoms with Crippen molar-refractivity contribution in [1.82, 2.24) is 0 Å². The van der Waals surface area contributed by atoms with E-state index in [0.717, 1.165) is 25.7 Å². The minimum Gasteiger partial charge on any atom is -0.481 e. The fourth-order valence-electron chi connectivity index (χ4n) is 2.47. The summed E-state index contributed by atoms with van der Waals surface area (Å²) < 4.78 is 0. The van der Waals surface area contributed by atoms with Gasteiger partial charge in [-0.25, -0.2) is 0 Å². The van der Waals surface area contributed by atoms with Gasteiger partial charge in [0, 0.05) is 11.8 Å². The number of Topliss-reactive ketones (excluding diaryl/α,β-unsaturated/α-hetero) is 1. The lowest BCUT2D eigenvalue weighted by Gasteiger charge is -2.19. The molecular weight excluding hydrogens is 180 g/mol. The molecular formula is C11H16O3. The van der Waals surface area contributed by atoms with Crippen molar-refractivity contribution in [3.63, 3.8) is 0 Å². The molecule has 0 aliphatic heterocycles. The van der Waals surface area contributed by atoms with Crippen LogP contribution in [0.3, 0.4) is 0 Å². The van der Waals surface area contributed by atoms with E-state index < -0.39 is 5.97 Å². The molecule has 3 heteroatoms. The van der Waals surface area contributed by atoms with E-state index in [4.69, 9.17) is 5.11 Å². The van der Waals surface area contributed by atoms with Gasteiger partial charge in [0.05, 0.1) is 5.92 Å². The number of carbonyl (C=O) groups excluding carboxylic acids is 1. The van der Waals surface area contributed by atoms with Crippen LogP contribution < -0.4 is 0 Å². The first-order valence-electron chi connectivity index (χ1n) is 5.46. The third kappa shape index (κ3) is 1.81. The number of ketones is 1. The van der Waals surface area contributed by atoms with Gasteiger partial charge in [0.15, 0.2) is 0 Å². The maximum absolute atomic E-state index is 11.8. The molecule has 2 aliphatic carbocycles. The summed E-state index contributed by atoms with van der Waals surface area (Å²) in [5, 5.41) is 8.72. The van der Waals surface area contributed by atoms with Crippen molar-refractivity contribution in [1.29, 1.82) is 0 Å². The van der Waals surface area contributed by atoms with Gasteiger partial charge in [0.1, 0.15) is 5.78 Å². The zero-order valence-corrected chi connectivity index (χ0v) is 8.24. The lowest BCUT2D eigenvalue weighted by atomic mass is 9.84. The fourth-order valence-corrected chi connectivity index (χ4v) is 2.47. The summed E-state index contributed by atoms with van der Waals surface area (Å²) in [6, 6.07) is 0. The smallest absolute Gasteiger partial charge is 0.307 e. The Morgan fingerprint density at radius 2 is 1.64 bits per heavy atom. The maximum Gasteiger partial charge on any atom is 0.307 e. The second-order valence-electron chi connectivity index (χ2n) is 4.52. The molecule has 2 aliphatic rings. The van der Waals surface area contributed by atoms with E-state index in [2.05, 4.69) is 0 Å². The van der Waals surface area contributed by atoms with E-state index in [9.17, 15) is 9.59 Å². The van der Waals surface area contributed by atoms with Gasteiger partial charge in [0.25, 0.3) is 0 Å². The molecule has 0 heterocycles. The quantitative estimate of drug-likeness (QED) is 0.749. The van der Waals surface area contributed by atoms with Crippen LogP contribution in [0.15, 0.2) is 0 Å². The number of hydrogen-bond acceptors (Lipinski definition) is 2. The second kappa shape index (κ2) is 3.71. The van der Waals surface area contributed by atoms with E-state index >= 15 is 0 Å². The Hall–Kier alpha value is -0.860. The standard InChI is InChI=1S/C11H16O3/c12-10(7-4-2-1-3-5-7)8-6-9(8)11(13)14/h7-9H,1-6H2,(H,13,14). The molecule has 2 unspecified atom stereocenters. The Kier molecular flexibility index (Phi) is 2.57. The lowest BCUT2D eigenvalue weighted by Crippen LogP contribution is -2.21. The predicted molar refractivity (Wildman–Crippen MR) is 50.8 cm³/mol. The third-order valence-corrected chi connectivity index (χ3v) is 3.48. The SMILES string of the molecule is O=C(O)C1CC1C(=O)C1CCCCC1. The molecule has 2 atom stereocenters. The van der Waals surface area contributed by atoms with E-state index in [0.29, 0.717) is 6.42 Å². The Bertz CT molecular complexity index is 253. The zero-order valence-electron chi connectivity index (χ0n) is 8.24. The van der Waals surface area contributed by atoms with Gasteiger partial charge in [-0.05, 0) is 19.3 Å². The molecule has 14 heavy (non-hydrogen) atoms. The number of carboxylic acid groups (broad SMARTS) is 1. The molecule has 2 saturated carbocycles. The van der Waals surface area contributed by atoms with Gasteiger partial charge >= 0.3 is 5.97 Å². The van der Waals surface area contributed by atoms with Gasteiger partial charge in [-0.2, -0.15) is 0 Å². The number of rotatable bonds is 3. The normalized spacial score (nSPS) is 32.6. The molecule has 3 nitrogen and oxygen atoms in total. The van der Waals surface area contributed by atoms with Crippen LogP contribution >= 0.6 is 0 Å². The monoisotopic (exact) mass is 196 g/mol. The van der Waals surface area contributed by atoms with Crippen LogP contribution in [0.4, 0.5) is 0 Å². The lowest BCUT2D eigenvalue weighted by molar-refractivity contribution is -0.140. The minimum atomic E-state index is -0.792.